The van der Waals surface area contributed by atoms with Crippen LogP contribution in [0.1, 0.15) is 28.8 Å². The summed E-state index contributed by atoms with van der Waals surface area (Å²) in [4.78, 5) is 40.1. The quantitative estimate of drug-likeness (QED) is 0.318. The topological polar surface area (TPSA) is 96.5 Å². The van der Waals surface area contributed by atoms with Gasteiger partial charge in [0.25, 0.3) is 5.91 Å². The van der Waals surface area contributed by atoms with Gasteiger partial charge in [-0.2, -0.15) is 0 Å². The number of amides is 3. The maximum Gasteiger partial charge on any atom is 0.251 e. The molecule has 0 saturated carbocycles. The molecule has 0 aliphatic carbocycles. The molecule has 1 aliphatic heterocycles. The van der Waals surface area contributed by atoms with Crippen molar-refractivity contribution < 1.29 is 27.9 Å². The van der Waals surface area contributed by atoms with E-state index in [0.717, 1.165) is 12.1 Å². The molecule has 4 aromatic carbocycles. The Labute approximate surface area is 229 Å². The van der Waals surface area contributed by atoms with Crippen LogP contribution in [0.5, 0.6) is 5.75 Å². The number of halogens is 2. The van der Waals surface area contributed by atoms with Crippen molar-refractivity contribution in [1.29, 1.82) is 0 Å². The summed E-state index contributed by atoms with van der Waals surface area (Å²) in [6.07, 6.45) is -1.24. The fourth-order valence-electron chi connectivity index (χ4n) is 4.56. The van der Waals surface area contributed by atoms with Gasteiger partial charge in [-0.05, 0) is 41.0 Å². The third-order valence-electron chi connectivity index (χ3n) is 6.40. The molecule has 5 rings (SSSR count). The van der Waals surface area contributed by atoms with Crippen LogP contribution in [0.15, 0.2) is 103 Å². The van der Waals surface area contributed by atoms with Crippen LogP contribution in [0.2, 0.25) is 0 Å². The molecular formula is C31H25F2N3O4. The highest BCUT2D eigenvalue weighted by Gasteiger charge is 2.38. The standard InChI is InChI=1S/C31H25F2N3O4/c32-22-15-19(16-23(33)18-22)17-26(37)35-27(20-9-3-1-4-10-20)30(38)36-28-29(21-11-5-2-6-12-21)40-25-14-8-7-13-24(25)34-31(28)39/h1-16,18,27-29H,17H2,(H,34,39)(H,35,37)(H,36,38)/t27-,28+,29-/m0/s1. The molecule has 0 fully saturated rings. The van der Waals surface area contributed by atoms with Crippen LogP contribution in [0.4, 0.5) is 14.5 Å². The molecule has 1 heterocycles. The van der Waals surface area contributed by atoms with E-state index < -0.39 is 47.5 Å². The molecule has 1 aliphatic rings. The first kappa shape index (κ1) is 26.6. The minimum absolute atomic E-state index is 0.112. The Kier molecular flexibility index (Phi) is 7.82. The van der Waals surface area contributed by atoms with Gasteiger partial charge in [0.15, 0.2) is 6.10 Å². The maximum atomic E-state index is 13.7. The number of carbonyl (C=O) groups is 3. The zero-order valence-electron chi connectivity index (χ0n) is 21.1. The maximum absolute atomic E-state index is 13.7. The molecule has 9 heteroatoms. The summed E-state index contributed by atoms with van der Waals surface area (Å²) < 4.78 is 33.5. The lowest BCUT2D eigenvalue weighted by atomic mass is 9.99. The highest BCUT2D eigenvalue weighted by atomic mass is 19.1. The van der Waals surface area contributed by atoms with E-state index in [4.69, 9.17) is 4.74 Å². The normalized spacial score (nSPS) is 16.9. The molecule has 3 amide bonds. The van der Waals surface area contributed by atoms with Gasteiger partial charge in [0.1, 0.15) is 29.5 Å². The summed E-state index contributed by atoms with van der Waals surface area (Å²) in [5.74, 6) is -2.99. The molecule has 0 bridgehead atoms. The third kappa shape index (κ3) is 6.15. The Morgan fingerprint density at radius 3 is 2.17 bits per heavy atom. The van der Waals surface area contributed by atoms with Crippen molar-refractivity contribution in [1.82, 2.24) is 10.6 Å². The second-order valence-electron chi connectivity index (χ2n) is 9.29. The summed E-state index contributed by atoms with van der Waals surface area (Å²) in [7, 11) is 0. The van der Waals surface area contributed by atoms with E-state index in [1.54, 1.807) is 78.9 Å². The average Bonchev–Trinajstić information content (AvgIpc) is 3.08. The lowest BCUT2D eigenvalue weighted by Gasteiger charge is -2.27. The molecule has 3 N–H and O–H groups in total. The van der Waals surface area contributed by atoms with Crippen LogP contribution in [-0.2, 0) is 20.8 Å². The van der Waals surface area contributed by atoms with Crippen molar-refractivity contribution in [2.45, 2.75) is 24.6 Å². The molecule has 0 saturated heterocycles. The average molecular weight is 542 g/mol. The number of fused-ring (bicyclic) bond motifs is 1. The molecule has 0 unspecified atom stereocenters. The van der Waals surface area contributed by atoms with Gasteiger partial charge in [-0.25, -0.2) is 8.78 Å². The molecule has 7 nitrogen and oxygen atoms in total. The van der Waals surface area contributed by atoms with Crippen LogP contribution >= 0.6 is 0 Å². The van der Waals surface area contributed by atoms with Crippen molar-refractivity contribution in [3.63, 3.8) is 0 Å². The van der Waals surface area contributed by atoms with Crippen molar-refractivity contribution in [2.24, 2.45) is 0 Å². The van der Waals surface area contributed by atoms with Gasteiger partial charge in [-0.1, -0.05) is 72.8 Å². The van der Waals surface area contributed by atoms with Gasteiger partial charge >= 0.3 is 0 Å². The molecule has 0 aromatic heterocycles. The smallest absolute Gasteiger partial charge is 0.251 e. The minimum Gasteiger partial charge on any atom is -0.481 e. The minimum atomic E-state index is -1.21. The zero-order valence-corrected chi connectivity index (χ0v) is 21.1. The Bertz CT molecular complexity index is 1510. The van der Waals surface area contributed by atoms with Crippen molar-refractivity contribution in [2.75, 3.05) is 5.32 Å². The van der Waals surface area contributed by atoms with E-state index in [2.05, 4.69) is 16.0 Å². The predicted molar refractivity (Wildman–Crippen MR) is 144 cm³/mol. The molecule has 202 valence electrons. The summed E-state index contributed by atoms with van der Waals surface area (Å²) in [5.41, 5.74) is 1.68. The van der Waals surface area contributed by atoms with E-state index >= 15 is 0 Å². The van der Waals surface area contributed by atoms with Gasteiger partial charge in [0.2, 0.25) is 11.8 Å². The molecule has 0 spiro atoms. The van der Waals surface area contributed by atoms with E-state index in [-0.39, 0.29) is 12.0 Å². The number of hydrogen-bond donors (Lipinski definition) is 3. The lowest BCUT2D eigenvalue weighted by molar-refractivity contribution is -0.132. The largest absolute Gasteiger partial charge is 0.481 e. The predicted octanol–water partition coefficient (Wildman–Crippen LogP) is 4.62. The third-order valence-corrected chi connectivity index (χ3v) is 6.40. The number of hydrogen-bond acceptors (Lipinski definition) is 4. The van der Waals surface area contributed by atoms with Crippen LogP contribution in [0.3, 0.4) is 0 Å². The van der Waals surface area contributed by atoms with Crippen LogP contribution in [0.25, 0.3) is 0 Å². The first-order valence-corrected chi connectivity index (χ1v) is 12.6. The summed E-state index contributed by atoms with van der Waals surface area (Å²) >= 11 is 0. The van der Waals surface area contributed by atoms with Gasteiger partial charge in [0, 0.05) is 6.07 Å². The van der Waals surface area contributed by atoms with Crippen molar-refractivity contribution in [3.05, 3.63) is 131 Å². The Hall–Kier alpha value is -5.05. The molecule has 4 aromatic rings. The number of carbonyl (C=O) groups excluding carboxylic acids is 3. The van der Waals surface area contributed by atoms with Gasteiger partial charge in [-0.3, -0.25) is 14.4 Å². The van der Waals surface area contributed by atoms with Gasteiger partial charge < -0.3 is 20.7 Å². The van der Waals surface area contributed by atoms with Crippen LogP contribution in [-0.4, -0.2) is 23.8 Å². The summed E-state index contributed by atoms with van der Waals surface area (Å²) in [6, 6.07) is 24.9. The van der Waals surface area contributed by atoms with Crippen LogP contribution in [0, 0.1) is 11.6 Å². The second kappa shape index (κ2) is 11.8. The van der Waals surface area contributed by atoms with E-state index in [1.807, 2.05) is 6.07 Å². The Morgan fingerprint density at radius 2 is 1.48 bits per heavy atom. The first-order valence-electron chi connectivity index (χ1n) is 12.6. The van der Waals surface area contributed by atoms with E-state index in [1.165, 1.54) is 0 Å². The Morgan fingerprint density at radius 1 is 0.850 bits per heavy atom. The number of rotatable bonds is 7. The lowest BCUT2D eigenvalue weighted by Crippen LogP contribution is -2.51. The monoisotopic (exact) mass is 541 g/mol. The fraction of sp³-hybridized carbons (Fsp3) is 0.129. The first-order chi connectivity index (χ1) is 19.4. The highest BCUT2D eigenvalue weighted by molar-refractivity contribution is 6.00. The molecule has 0 radical (unpaired) electrons. The van der Waals surface area contributed by atoms with E-state index in [9.17, 15) is 23.2 Å². The number of para-hydroxylation sites is 2. The number of ether oxygens (including phenoxy) is 1. The van der Waals surface area contributed by atoms with E-state index in [0.29, 0.717) is 28.6 Å². The number of nitrogens with one attached hydrogen (secondary N) is 3. The Balaban J connectivity index is 1.42. The molecule has 40 heavy (non-hydrogen) atoms. The van der Waals surface area contributed by atoms with Gasteiger partial charge in [-0.15, -0.1) is 0 Å². The molecule has 3 atom stereocenters. The van der Waals surface area contributed by atoms with Crippen LogP contribution < -0.4 is 20.7 Å². The summed E-state index contributed by atoms with van der Waals surface area (Å²) in [5, 5.41) is 8.21. The molecular weight excluding hydrogens is 516 g/mol. The second-order valence-corrected chi connectivity index (χ2v) is 9.29. The number of anilines is 1. The summed E-state index contributed by atoms with van der Waals surface area (Å²) in [6.45, 7) is 0. The SMILES string of the molecule is O=C(Cc1cc(F)cc(F)c1)N[C@H](C(=O)N[C@H]1C(=O)Nc2ccccc2O[C@H]1c1ccccc1)c1ccccc1. The fourth-order valence-corrected chi connectivity index (χ4v) is 4.56. The zero-order chi connectivity index (χ0) is 28.1. The van der Waals surface area contributed by atoms with Crippen molar-refractivity contribution >= 4 is 23.4 Å². The van der Waals surface area contributed by atoms with Gasteiger partial charge in [0.05, 0.1) is 12.1 Å². The number of benzene rings is 4. The van der Waals surface area contributed by atoms with Crippen molar-refractivity contribution in [3.8, 4) is 5.75 Å². The highest BCUT2D eigenvalue weighted by Crippen LogP contribution is 2.34.